The molecule has 0 aromatic carbocycles. The van der Waals surface area contributed by atoms with E-state index in [0.717, 1.165) is 0 Å². The Kier molecular flexibility index (Phi) is 31.4. The third-order valence-corrected chi connectivity index (χ3v) is 0. The second-order valence-corrected chi connectivity index (χ2v) is 2.45. The van der Waals surface area contributed by atoms with Crippen LogP contribution in [0, 0.1) is 0 Å². The molecule has 0 atom stereocenters. The molecule has 0 aromatic heterocycles. The zero-order valence-corrected chi connectivity index (χ0v) is 12.7. The SMILES string of the molecule is NN.O=S(=O)([O-])[O-].O=S(=O)([O-])[O-].[Al+3].[K+]. The molecule has 4 N–H and O–H groups in total. The molecule has 0 heterocycles. The number of hydrogen-bond acceptors (Lipinski definition) is 10. The van der Waals surface area contributed by atoms with Crippen molar-refractivity contribution in [1.82, 2.24) is 0 Å². The number of hydrogen-bond donors (Lipinski definition) is 2. The van der Waals surface area contributed by atoms with Crippen LogP contribution in [0.5, 0.6) is 0 Å². The smallest absolute Gasteiger partial charge is 0.759 e. The van der Waals surface area contributed by atoms with Gasteiger partial charge in [-0.1, -0.05) is 0 Å². The molecule has 0 radical (unpaired) electrons. The van der Waals surface area contributed by atoms with Crippen molar-refractivity contribution < 1.29 is 86.4 Å². The first kappa shape index (κ1) is 29.7. The summed E-state index contributed by atoms with van der Waals surface area (Å²) in [5.74, 6) is 8.00. The van der Waals surface area contributed by atoms with E-state index in [2.05, 4.69) is 11.7 Å². The van der Waals surface area contributed by atoms with Crippen LogP contribution >= 0.6 is 0 Å². The van der Waals surface area contributed by atoms with Crippen LogP contribution in [0.25, 0.3) is 0 Å². The maximum absolute atomic E-state index is 8.52. The third kappa shape index (κ3) is 680. The fraction of sp³-hybridized carbons (Fsp3) is 0. The number of rotatable bonds is 0. The molecular weight excluding hydrogens is 286 g/mol. The van der Waals surface area contributed by atoms with Gasteiger partial charge in [0.05, 0.1) is 0 Å². The Hall–Kier alpha value is 1.83. The molecule has 14 heavy (non-hydrogen) atoms. The Morgan fingerprint density at radius 1 is 0.714 bits per heavy atom. The van der Waals surface area contributed by atoms with Gasteiger partial charge in [-0.15, -0.1) is 0 Å². The topological polar surface area (TPSA) is 213 Å². The minimum Gasteiger partial charge on any atom is -0.759 e. The van der Waals surface area contributed by atoms with Gasteiger partial charge in [0.25, 0.3) is 0 Å². The summed E-state index contributed by atoms with van der Waals surface area (Å²) in [7, 11) is -10.3. The standard InChI is InChI=1S/Al.K.H4N2.2H2O4S/c;;1-2;2*1-5(2,3)4/h;;1-2H2;2*(H2,1,2,3,4)/q+3;+1;;;/p-4. The van der Waals surface area contributed by atoms with Gasteiger partial charge in [0.1, 0.15) is 0 Å². The van der Waals surface area contributed by atoms with Crippen LogP contribution in [0.3, 0.4) is 0 Å². The van der Waals surface area contributed by atoms with Gasteiger partial charge in [-0.3, -0.25) is 28.5 Å². The van der Waals surface area contributed by atoms with Crippen molar-refractivity contribution in [3.63, 3.8) is 0 Å². The molecule has 10 nitrogen and oxygen atoms in total. The second kappa shape index (κ2) is 14.8. The second-order valence-electron chi connectivity index (χ2n) is 0.816. The van der Waals surface area contributed by atoms with Crippen LogP contribution in [0.15, 0.2) is 0 Å². The molecule has 0 aliphatic heterocycles. The van der Waals surface area contributed by atoms with Crippen LogP contribution in [0.2, 0.25) is 0 Å². The summed E-state index contributed by atoms with van der Waals surface area (Å²) >= 11 is 0. The molecule has 0 aliphatic carbocycles. The molecule has 0 saturated carbocycles. The molecule has 0 saturated heterocycles. The van der Waals surface area contributed by atoms with Crippen LogP contribution in [-0.4, -0.2) is 52.4 Å². The van der Waals surface area contributed by atoms with Crippen molar-refractivity contribution >= 4 is 38.2 Å². The fourth-order valence-electron chi connectivity index (χ4n) is 0. The van der Waals surface area contributed by atoms with E-state index in [1.807, 2.05) is 0 Å². The molecule has 0 bridgehead atoms. The van der Waals surface area contributed by atoms with Crippen molar-refractivity contribution in [2.75, 3.05) is 0 Å². The van der Waals surface area contributed by atoms with Gasteiger partial charge in [-0.05, 0) is 0 Å². The Morgan fingerprint density at radius 2 is 0.714 bits per heavy atom. The maximum Gasteiger partial charge on any atom is 3.00 e. The third-order valence-electron chi connectivity index (χ3n) is 0. The predicted octanol–water partition coefficient (Wildman–Crippen LogP) is -7.23. The van der Waals surface area contributed by atoms with E-state index in [-0.39, 0.29) is 68.7 Å². The van der Waals surface area contributed by atoms with Crippen LogP contribution in [-0.2, 0) is 20.8 Å². The van der Waals surface area contributed by atoms with Crippen molar-refractivity contribution in [1.29, 1.82) is 0 Å². The van der Waals surface area contributed by atoms with Gasteiger partial charge in [0.15, 0.2) is 0 Å². The quantitative estimate of drug-likeness (QED) is 0.141. The Balaban J connectivity index is -0.0000000292. The van der Waals surface area contributed by atoms with Gasteiger partial charge in [0, 0.05) is 20.8 Å². The first-order valence-electron chi connectivity index (χ1n) is 1.67. The monoisotopic (exact) mass is 290 g/mol. The van der Waals surface area contributed by atoms with Gasteiger partial charge in [-0.2, -0.15) is 0 Å². The molecule has 78 valence electrons. The molecule has 0 rings (SSSR count). The first-order valence-corrected chi connectivity index (χ1v) is 4.33. The van der Waals surface area contributed by atoms with E-state index in [1.165, 1.54) is 0 Å². The first-order chi connectivity index (χ1) is 5.00. The predicted molar refractivity (Wildman–Crippen MR) is 35.1 cm³/mol. The Labute approximate surface area is 134 Å². The summed E-state index contributed by atoms with van der Waals surface area (Å²) in [6.07, 6.45) is 0. The number of hydrazine groups is 1. The molecule has 0 amide bonds. The van der Waals surface area contributed by atoms with E-state index >= 15 is 0 Å². The van der Waals surface area contributed by atoms with E-state index in [9.17, 15) is 0 Å². The van der Waals surface area contributed by atoms with Crippen molar-refractivity contribution in [2.24, 2.45) is 11.7 Å². The average Bonchev–Trinajstić information content (AvgIpc) is 1.59. The van der Waals surface area contributed by atoms with Crippen LogP contribution in [0.4, 0.5) is 0 Å². The van der Waals surface area contributed by atoms with Crippen LogP contribution < -0.4 is 63.1 Å². The molecule has 14 heteroatoms. The average molecular weight is 290 g/mol. The largest absolute Gasteiger partial charge is 3.00 e. The Bertz CT molecular complexity index is 222. The van der Waals surface area contributed by atoms with E-state index in [0.29, 0.717) is 0 Å². The van der Waals surface area contributed by atoms with Gasteiger partial charge >= 0.3 is 68.7 Å². The van der Waals surface area contributed by atoms with Crippen molar-refractivity contribution in [3.8, 4) is 0 Å². The molecule has 0 fully saturated rings. The van der Waals surface area contributed by atoms with E-state index in [1.54, 1.807) is 0 Å². The summed E-state index contributed by atoms with van der Waals surface area (Å²) in [5.41, 5.74) is 0. The minimum atomic E-state index is -5.17. The number of nitrogens with two attached hydrogens (primary N) is 2. The Morgan fingerprint density at radius 3 is 0.714 bits per heavy atom. The summed E-state index contributed by atoms with van der Waals surface area (Å²) in [6, 6.07) is 0. The molecular formula is H4AlKN2O8S2. The van der Waals surface area contributed by atoms with Gasteiger partial charge in [-0.25, -0.2) is 0 Å². The van der Waals surface area contributed by atoms with Crippen LogP contribution in [0.1, 0.15) is 0 Å². The molecule has 0 aliphatic rings. The molecule has 0 spiro atoms. The zero-order valence-electron chi connectivity index (χ0n) is 6.81. The fourth-order valence-corrected chi connectivity index (χ4v) is 0. The van der Waals surface area contributed by atoms with E-state index in [4.69, 9.17) is 35.0 Å². The maximum atomic E-state index is 8.52. The summed E-state index contributed by atoms with van der Waals surface area (Å²) in [5, 5.41) is 0. The zero-order chi connectivity index (χ0) is 11.0. The normalized spacial score (nSPS) is 8.71. The van der Waals surface area contributed by atoms with Crippen molar-refractivity contribution in [3.05, 3.63) is 0 Å². The summed E-state index contributed by atoms with van der Waals surface area (Å²) in [4.78, 5) is 0. The van der Waals surface area contributed by atoms with E-state index < -0.39 is 20.8 Å². The van der Waals surface area contributed by atoms with Gasteiger partial charge < -0.3 is 18.2 Å². The van der Waals surface area contributed by atoms with Gasteiger partial charge in [0.2, 0.25) is 0 Å². The summed E-state index contributed by atoms with van der Waals surface area (Å²) in [6.45, 7) is 0. The van der Waals surface area contributed by atoms with Crippen molar-refractivity contribution in [2.45, 2.75) is 0 Å². The molecule has 0 unspecified atom stereocenters. The summed E-state index contributed by atoms with van der Waals surface area (Å²) < 4.78 is 68.2. The molecule has 0 aromatic rings. The minimum absolute atomic E-state index is 0.